The lowest BCUT2D eigenvalue weighted by Crippen LogP contribution is -2.23. The molecule has 4 nitrogen and oxygen atoms in total. The Balaban J connectivity index is 2.02. The summed E-state index contributed by atoms with van der Waals surface area (Å²) >= 11 is 11.5. The fourth-order valence-electron chi connectivity index (χ4n) is 1.32. The molecule has 6 heteroatoms. The van der Waals surface area contributed by atoms with E-state index in [2.05, 4.69) is 15.3 Å². The van der Waals surface area contributed by atoms with Crippen molar-refractivity contribution in [2.75, 3.05) is 0 Å². The van der Waals surface area contributed by atoms with E-state index in [4.69, 9.17) is 23.2 Å². The number of pyridine rings is 2. The van der Waals surface area contributed by atoms with Crippen LogP contribution in [0.2, 0.25) is 10.2 Å². The van der Waals surface area contributed by atoms with Crippen LogP contribution in [0.4, 0.5) is 0 Å². The summed E-state index contributed by atoms with van der Waals surface area (Å²) in [5.74, 6) is -0.272. The van der Waals surface area contributed by atoms with Crippen molar-refractivity contribution in [1.29, 1.82) is 0 Å². The van der Waals surface area contributed by atoms with Gasteiger partial charge < -0.3 is 5.32 Å². The first kappa shape index (κ1) is 12.8. The summed E-state index contributed by atoms with van der Waals surface area (Å²) in [4.78, 5) is 19.7. The van der Waals surface area contributed by atoms with Crippen LogP contribution in [0, 0.1) is 0 Å². The van der Waals surface area contributed by atoms with E-state index >= 15 is 0 Å². The molecule has 0 saturated heterocycles. The van der Waals surface area contributed by atoms with Crippen LogP contribution in [0.5, 0.6) is 0 Å². The number of rotatable bonds is 3. The van der Waals surface area contributed by atoms with Gasteiger partial charge in [-0.15, -0.1) is 0 Å². The van der Waals surface area contributed by atoms with Gasteiger partial charge in [0.25, 0.3) is 5.91 Å². The second kappa shape index (κ2) is 5.80. The van der Waals surface area contributed by atoms with Crippen molar-refractivity contribution >= 4 is 29.1 Å². The van der Waals surface area contributed by atoms with Crippen LogP contribution in [0.1, 0.15) is 16.1 Å². The summed E-state index contributed by atoms with van der Waals surface area (Å²) in [7, 11) is 0. The summed E-state index contributed by atoms with van der Waals surface area (Å²) < 4.78 is 0. The van der Waals surface area contributed by atoms with Gasteiger partial charge in [0.1, 0.15) is 5.15 Å². The number of carbonyl (C=O) groups excluding carboxylic acids is 1. The Bertz CT molecular complexity index is 561. The van der Waals surface area contributed by atoms with Crippen molar-refractivity contribution in [3.8, 4) is 0 Å². The number of aromatic nitrogens is 2. The zero-order chi connectivity index (χ0) is 13.0. The second-order valence-electron chi connectivity index (χ2n) is 3.50. The first-order chi connectivity index (χ1) is 8.66. The minimum Gasteiger partial charge on any atom is -0.346 e. The Labute approximate surface area is 114 Å². The lowest BCUT2D eigenvalue weighted by molar-refractivity contribution is 0.0950. The lowest BCUT2D eigenvalue weighted by Gasteiger charge is -2.05. The molecule has 0 fully saturated rings. The van der Waals surface area contributed by atoms with Gasteiger partial charge in [0.2, 0.25) is 0 Å². The van der Waals surface area contributed by atoms with Gasteiger partial charge in [-0.25, -0.2) is 4.98 Å². The molecule has 0 bridgehead atoms. The average Bonchev–Trinajstić information content (AvgIpc) is 2.40. The van der Waals surface area contributed by atoms with Crippen LogP contribution < -0.4 is 5.32 Å². The molecule has 2 rings (SSSR count). The highest BCUT2D eigenvalue weighted by molar-refractivity contribution is 6.41. The number of nitrogens with zero attached hydrogens (tertiary/aromatic N) is 2. The summed E-state index contributed by atoms with van der Waals surface area (Å²) in [6.07, 6.45) is 3.05. The summed E-state index contributed by atoms with van der Waals surface area (Å²) in [6, 6.07) is 6.97. The summed E-state index contributed by atoms with van der Waals surface area (Å²) in [5, 5.41) is 3.15. The van der Waals surface area contributed by atoms with E-state index in [0.717, 1.165) is 5.69 Å². The summed E-state index contributed by atoms with van der Waals surface area (Å²) in [6.45, 7) is 0.347. The average molecular weight is 282 g/mol. The molecule has 18 heavy (non-hydrogen) atoms. The molecule has 0 spiro atoms. The monoisotopic (exact) mass is 281 g/mol. The molecule has 0 radical (unpaired) electrons. The third-order valence-corrected chi connectivity index (χ3v) is 2.90. The first-order valence-electron chi connectivity index (χ1n) is 5.16. The zero-order valence-corrected chi connectivity index (χ0v) is 10.7. The topological polar surface area (TPSA) is 54.9 Å². The number of hydrogen-bond acceptors (Lipinski definition) is 3. The maximum Gasteiger partial charge on any atom is 0.253 e. The first-order valence-corrected chi connectivity index (χ1v) is 5.91. The molecule has 0 unspecified atom stereocenters. The maximum absolute atomic E-state index is 11.8. The minimum absolute atomic E-state index is 0.179. The predicted octanol–water partition coefficient (Wildman–Crippen LogP) is 2.71. The van der Waals surface area contributed by atoms with E-state index in [1.54, 1.807) is 6.20 Å². The van der Waals surface area contributed by atoms with E-state index < -0.39 is 0 Å². The van der Waals surface area contributed by atoms with E-state index in [1.807, 2.05) is 18.2 Å². The standard InChI is InChI=1S/C12H9Cl2N3O/c13-10-5-8(6-16-11(10)14)12(18)17-7-9-3-1-2-4-15-9/h1-6H,7H2,(H,17,18). The highest BCUT2D eigenvalue weighted by atomic mass is 35.5. The Morgan fingerprint density at radius 2 is 2.11 bits per heavy atom. The highest BCUT2D eigenvalue weighted by Gasteiger charge is 2.08. The number of hydrogen-bond donors (Lipinski definition) is 1. The fourth-order valence-corrected chi connectivity index (χ4v) is 1.59. The van der Waals surface area contributed by atoms with E-state index in [0.29, 0.717) is 12.1 Å². The molecule has 2 aromatic heterocycles. The van der Waals surface area contributed by atoms with Crippen molar-refractivity contribution in [3.63, 3.8) is 0 Å². The molecule has 1 N–H and O–H groups in total. The van der Waals surface area contributed by atoms with Crippen molar-refractivity contribution in [2.45, 2.75) is 6.54 Å². The molecule has 0 atom stereocenters. The van der Waals surface area contributed by atoms with Gasteiger partial charge in [-0.1, -0.05) is 29.3 Å². The van der Waals surface area contributed by atoms with Crippen molar-refractivity contribution in [1.82, 2.24) is 15.3 Å². The van der Waals surface area contributed by atoms with E-state index in [9.17, 15) is 4.79 Å². The quantitative estimate of drug-likeness (QED) is 0.881. The van der Waals surface area contributed by atoms with Gasteiger partial charge >= 0.3 is 0 Å². The summed E-state index contributed by atoms with van der Waals surface area (Å²) in [5.41, 5.74) is 1.14. The molecule has 0 aliphatic carbocycles. The smallest absolute Gasteiger partial charge is 0.253 e. The van der Waals surface area contributed by atoms with Crippen molar-refractivity contribution in [2.24, 2.45) is 0 Å². The molecule has 0 aliphatic rings. The van der Waals surface area contributed by atoms with Crippen molar-refractivity contribution < 1.29 is 4.79 Å². The molecular weight excluding hydrogens is 273 g/mol. The number of halogens is 2. The number of carbonyl (C=O) groups is 1. The van der Waals surface area contributed by atoms with Gasteiger partial charge in [0, 0.05) is 12.4 Å². The predicted molar refractivity (Wildman–Crippen MR) is 69.7 cm³/mol. The lowest BCUT2D eigenvalue weighted by atomic mass is 10.2. The molecule has 2 heterocycles. The van der Waals surface area contributed by atoms with Crippen LogP contribution in [0.25, 0.3) is 0 Å². The van der Waals surface area contributed by atoms with Crippen LogP contribution in [0.3, 0.4) is 0 Å². The Morgan fingerprint density at radius 3 is 2.78 bits per heavy atom. The SMILES string of the molecule is O=C(NCc1ccccn1)c1cnc(Cl)c(Cl)c1. The van der Waals surface area contributed by atoms with Gasteiger partial charge in [-0.05, 0) is 18.2 Å². The Kier molecular flexibility index (Phi) is 4.12. The number of amides is 1. The third kappa shape index (κ3) is 3.18. The highest BCUT2D eigenvalue weighted by Crippen LogP contribution is 2.19. The normalized spacial score (nSPS) is 10.1. The molecule has 0 aliphatic heterocycles. The third-order valence-electron chi connectivity index (χ3n) is 2.21. The number of nitrogens with one attached hydrogen (secondary N) is 1. The maximum atomic E-state index is 11.8. The molecular formula is C12H9Cl2N3O. The van der Waals surface area contributed by atoms with Gasteiger partial charge in [-0.2, -0.15) is 0 Å². The fraction of sp³-hybridized carbons (Fsp3) is 0.0833. The second-order valence-corrected chi connectivity index (χ2v) is 4.27. The van der Waals surface area contributed by atoms with Crippen LogP contribution in [-0.2, 0) is 6.54 Å². The van der Waals surface area contributed by atoms with Crippen LogP contribution >= 0.6 is 23.2 Å². The Hall–Kier alpha value is -1.65. The molecule has 0 saturated carbocycles. The van der Waals surface area contributed by atoms with Crippen LogP contribution in [0.15, 0.2) is 36.7 Å². The Morgan fingerprint density at radius 1 is 1.28 bits per heavy atom. The minimum atomic E-state index is -0.272. The van der Waals surface area contributed by atoms with Crippen molar-refractivity contribution in [3.05, 3.63) is 58.1 Å². The van der Waals surface area contributed by atoms with E-state index in [1.165, 1.54) is 12.3 Å². The molecule has 1 amide bonds. The molecule has 2 aromatic rings. The van der Waals surface area contributed by atoms with Gasteiger partial charge in [0.05, 0.1) is 22.8 Å². The largest absolute Gasteiger partial charge is 0.346 e. The molecule has 0 aromatic carbocycles. The van der Waals surface area contributed by atoms with Crippen LogP contribution in [-0.4, -0.2) is 15.9 Å². The van der Waals surface area contributed by atoms with Gasteiger partial charge in [-0.3, -0.25) is 9.78 Å². The van der Waals surface area contributed by atoms with Gasteiger partial charge in [0.15, 0.2) is 0 Å². The molecule has 92 valence electrons. The zero-order valence-electron chi connectivity index (χ0n) is 9.23. The van der Waals surface area contributed by atoms with E-state index in [-0.39, 0.29) is 16.1 Å².